The summed E-state index contributed by atoms with van der Waals surface area (Å²) < 4.78 is 117. The summed E-state index contributed by atoms with van der Waals surface area (Å²) in [7, 11) is 0. The number of hydrogen-bond donors (Lipinski definition) is 0. The van der Waals surface area contributed by atoms with Crippen LogP contribution in [0.15, 0.2) is 0 Å². The second kappa shape index (κ2) is 9.26. The zero-order valence-corrected chi connectivity index (χ0v) is 10.7. The Morgan fingerprint density at radius 1 is 0.857 bits per heavy atom. The SMILES string of the molecule is CC(OCC(F)C(F)(F)F)C(F)(F)F.CCC(F)(F)F.F. The normalized spacial score (nSPS) is 15.4. The molecule has 0 aliphatic carbocycles. The third-order valence-corrected chi connectivity index (χ3v) is 1.71. The molecule has 0 heterocycles. The average Bonchev–Trinajstić information content (AvgIpc) is 2.22. The van der Waals surface area contributed by atoms with Crippen molar-refractivity contribution in [3.05, 3.63) is 0 Å². The molecule has 2 atom stereocenters. The minimum atomic E-state index is -5.19. The van der Waals surface area contributed by atoms with Crippen LogP contribution in [0.2, 0.25) is 0 Å². The Kier molecular flexibility index (Phi) is 11.1. The Labute approximate surface area is 112 Å². The number of alkyl halides is 10. The maximum atomic E-state index is 12.0. The molecule has 21 heavy (non-hydrogen) atoms. The Bertz CT molecular complexity index is 234. The van der Waals surface area contributed by atoms with Gasteiger partial charge in [0.05, 0.1) is 6.61 Å². The lowest BCUT2D eigenvalue weighted by atomic mass is 10.3. The highest BCUT2D eigenvalue weighted by molar-refractivity contribution is 4.67. The second-order valence-corrected chi connectivity index (χ2v) is 3.50. The van der Waals surface area contributed by atoms with Crippen LogP contribution in [0.25, 0.3) is 0 Å². The molecule has 0 radical (unpaired) electrons. The van der Waals surface area contributed by atoms with Crippen molar-refractivity contribution in [1.29, 1.82) is 0 Å². The zero-order valence-electron chi connectivity index (χ0n) is 10.7. The number of rotatable bonds is 3. The molecule has 0 aromatic heterocycles. The first kappa shape index (κ1) is 25.2. The highest BCUT2D eigenvalue weighted by atomic mass is 19.4. The van der Waals surface area contributed by atoms with Crippen molar-refractivity contribution in [3.8, 4) is 0 Å². The first-order valence-corrected chi connectivity index (χ1v) is 5.07. The standard InChI is InChI=1S/C6H7F7O.C3H5F3.FH/c1-3(5(8,9)10)14-2-4(7)6(11,12)13;1-2-3(4,5)6;/h3-4H,2H2,1H3;2H2,1H3;1H. The molecule has 12 heteroatoms. The van der Waals surface area contributed by atoms with Crippen molar-refractivity contribution in [2.75, 3.05) is 6.61 Å². The summed E-state index contributed by atoms with van der Waals surface area (Å²) in [4.78, 5) is 0. The van der Waals surface area contributed by atoms with Gasteiger partial charge in [-0.1, -0.05) is 6.92 Å². The fourth-order valence-corrected chi connectivity index (χ4v) is 0.418. The Morgan fingerprint density at radius 2 is 1.19 bits per heavy atom. The Morgan fingerprint density at radius 3 is 1.38 bits per heavy atom. The van der Waals surface area contributed by atoms with Gasteiger partial charge in [0.1, 0.15) is 0 Å². The van der Waals surface area contributed by atoms with Crippen molar-refractivity contribution in [3.63, 3.8) is 0 Å². The maximum absolute atomic E-state index is 12.0. The highest BCUT2D eigenvalue weighted by Crippen LogP contribution is 2.26. The Balaban J connectivity index is -0.000000394. The minimum absolute atomic E-state index is 0. The Hall–Kier alpha value is -0.810. The third-order valence-electron chi connectivity index (χ3n) is 1.71. The predicted molar refractivity (Wildman–Crippen MR) is 51.3 cm³/mol. The fourth-order valence-electron chi connectivity index (χ4n) is 0.418. The van der Waals surface area contributed by atoms with Crippen molar-refractivity contribution in [1.82, 2.24) is 0 Å². The smallest absolute Gasteiger partial charge is 0.366 e. The third kappa shape index (κ3) is 15.4. The molecule has 0 aromatic carbocycles. The van der Waals surface area contributed by atoms with E-state index in [2.05, 4.69) is 4.74 Å². The van der Waals surface area contributed by atoms with Crippen molar-refractivity contribution < 1.29 is 53.3 Å². The highest BCUT2D eigenvalue weighted by Gasteiger charge is 2.43. The van der Waals surface area contributed by atoms with E-state index < -0.39 is 43.8 Å². The molecule has 0 spiro atoms. The topological polar surface area (TPSA) is 9.23 Å². The number of ether oxygens (including phenoxy) is 1. The van der Waals surface area contributed by atoms with Crippen molar-refractivity contribution in [2.45, 2.75) is 51.1 Å². The zero-order chi connectivity index (χ0) is 16.8. The van der Waals surface area contributed by atoms with E-state index in [1.807, 2.05) is 0 Å². The molecular weight excluding hydrogens is 333 g/mol. The molecule has 0 saturated carbocycles. The van der Waals surface area contributed by atoms with Gasteiger partial charge in [0.15, 0.2) is 6.10 Å². The van der Waals surface area contributed by atoms with Gasteiger partial charge in [-0.25, -0.2) is 4.39 Å². The fraction of sp³-hybridized carbons (Fsp3) is 1.00. The van der Waals surface area contributed by atoms with Crippen LogP contribution < -0.4 is 0 Å². The molecule has 0 rings (SSSR count). The summed E-state index contributed by atoms with van der Waals surface area (Å²) in [6.45, 7) is -0.0622. The lowest BCUT2D eigenvalue weighted by Gasteiger charge is -2.18. The lowest BCUT2D eigenvalue weighted by Crippen LogP contribution is -2.35. The van der Waals surface area contributed by atoms with Gasteiger partial charge in [-0.3, -0.25) is 4.70 Å². The summed E-state index contributed by atoms with van der Waals surface area (Å²) >= 11 is 0. The van der Waals surface area contributed by atoms with Gasteiger partial charge in [0.2, 0.25) is 6.17 Å². The van der Waals surface area contributed by atoms with E-state index in [9.17, 15) is 43.9 Å². The van der Waals surface area contributed by atoms with Gasteiger partial charge in [0.25, 0.3) is 0 Å². The number of hydrogen-bond acceptors (Lipinski definition) is 1. The second-order valence-electron chi connectivity index (χ2n) is 3.50. The largest absolute Gasteiger partial charge is 0.421 e. The van der Waals surface area contributed by atoms with E-state index in [4.69, 9.17) is 0 Å². The van der Waals surface area contributed by atoms with E-state index >= 15 is 0 Å². The summed E-state index contributed by atoms with van der Waals surface area (Å²) in [6.07, 6.45) is -20.5. The molecule has 0 saturated heterocycles. The van der Waals surface area contributed by atoms with Crippen LogP contribution in [-0.2, 0) is 4.74 Å². The van der Waals surface area contributed by atoms with E-state index in [-0.39, 0.29) is 4.70 Å². The molecule has 132 valence electrons. The quantitative estimate of drug-likeness (QED) is 0.656. The van der Waals surface area contributed by atoms with Crippen molar-refractivity contribution in [2.24, 2.45) is 0 Å². The van der Waals surface area contributed by atoms with E-state index in [0.717, 1.165) is 6.92 Å². The molecule has 0 bridgehead atoms. The van der Waals surface area contributed by atoms with Crippen LogP contribution in [-0.4, -0.2) is 37.4 Å². The molecule has 0 aromatic rings. The van der Waals surface area contributed by atoms with Gasteiger partial charge >= 0.3 is 18.5 Å². The summed E-state index contributed by atoms with van der Waals surface area (Å²) in [6, 6.07) is 0. The van der Waals surface area contributed by atoms with Gasteiger partial charge in [-0.05, 0) is 6.92 Å². The minimum Gasteiger partial charge on any atom is -0.366 e. The van der Waals surface area contributed by atoms with Crippen LogP contribution in [0, 0.1) is 0 Å². The number of halogens is 11. The molecule has 0 amide bonds. The predicted octanol–water partition coefficient (Wildman–Crippen LogP) is 4.97. The molecule has 0 N–H and O–H groups in total. The van der Waals surface area contributed by atoms with Crippen LogP contribution in [0.1, 0.15) is 20.3 Å². The van der Waals surface area contributed by atoms with Crippen LogP contribution >= 0.6 is 0 Å². The molecule has 1 nitrogen and oxygen atoms in total. The first-order valence-electron chi connectivity index (χ1n) is 5.07. The molecule has 0 fully saturated rings. The van der Waals surface area contributed by atoms with Crippen LogP contribution in [0.5, 0.6) is 0 Å². The van der Waals surface area contributed by atoms with E-state index in [0.29, 0.717) is 6.92 Å². The molecule has 2 unspecified atom stereocenters. The molecule has 0 aliphatic heterocycles. The van der Waals surface area contributed by atoms with E-state index in [1.165, 1.54) is 0 Å². The summed E-state index contributed by atoms with van der Waals surface area (Å²) in [5, 5.41) is 0. The van der Waals surface area contributed by atoms with Crippen LogP contribution in [0.4, 0.5) is 48.6 Å². The molecule has 0 aliphatic rings. The van der Waals surface area contributed by atoms with Crippen molar-refractivity contribution >= 4 is 0 Å². The van der Waals surface area contributed by atoms with Gasteiger partial charge in [0, 0.05) is 6.42 Å². The average molecular weight is 346 g/mol. The van der Waals surface area contributed by atoms with E-state index in [1.54, 1.807) is 0 Å². The van der Waals surface area contributed by atoms with Gasteiger partial charge in [-0.15, -0.1) is 0 Å². The maximum Gasteiger partial charge on any atom is 0.421 e. The first-order chi connectivity index (χ1) is 8.61. The summed E-state index contributed by atoms with van der Waals surface area (Å²) in [5.74, 6) is 0. The van der Waals surface area contributed by atoms with Gasteiger partial charge < -0.3 is 4.74 Å². The van der Waals surface area contributed by atoms with Gasteiger partial charge in [-0.2, -0.15) is 39.5 Å². The molecular formula is C9H13F11O. The monoisotopic (exact) mass is 346 g/mol. The van der Waals surface area contributed by atoms with Crippen LogP contribution in [0.3, 0.4) is 0 Å². The summed E-state index contributed by atoms with van der Waals surface area (Å²) in [5.41, 5.74) is 0. The lowest BCUT2D eigenvalue weighted by molar-refractivity contribution is -0.239.